The summed E-state index contributed by atoms with van der Waals surface area (Å²) in [7, 11) is 0. The highest BCUT2D eigenvalue weighted by molar-refractivity contribution is 5.71. The zero-order valence-electron chi connectivity index (χ0n) is 49.4. The predicted octanol–water partition coefficient (Wildman–Crippen LogP) is 21.9. The van der Waals surface area contributed by atoms with Gasteiger partial charge in [0.05, 0.1) is 0 Å². The van der Waals surface area contributed by atoms with Crippen molar-refractivity contribution >= 4 is 17.9 Å². The third kappa shape index (κ3) is 60.0. The summed E-state index contributed by atoms with van der Waals surface area (Å²) in [4.78, 5) is 38.2. The molecule has 74 heavy (non-hydrogen) atoms. The number of hydrogen-bond donors (Lipinski definition) is 0. The van der Waals surface area contributed by atoms with Gasteiger partial charge in [0.2, 0.25) is 0 Å². The molecule has 0 aliphatic rings. The minimum atomic E-state index is -0.774. The summed E-state index contributed by atoms with van der Waals surface area (Å²) in [5, 5.41) is 0. The summed E-state index contributed by atoms with van der Waals surface area (Å²) in [5.74, 6) is -0.859. The minimum Gasteiger partial charge on any atom is -0.462 e. The molecule has 1 atom stereocenters. The van der Waals surface area contributed by atoms with E-state index < -0.39 is 6.10 Å². The van der Waals surface area contributed by atoms with Crippen LogP contribution in [0, 0.1) is 0 Å². The van der Waals surface area contributed by atoms with Crippen molar-refractivity contribution in [2.45, 2.75) is 341 Å². The van der Waals surface area contributed by atoms with Crippen molar-refractivity contribution in [1.29, 1.82) is 0 Å². The van der Waals surface area contributed by atoms with Crippen LogP contribution in [0.5, 0.6) is 0 Å². The zero-order chi connectivity index (χ0) is 53.6. The Balaban J connectivity index is 4.21. The summed E-state index contributed by atoms with van der Waals surface area (Å²) in [6.45, 7) is 6.56. The largest absolute Gasteiger partial charge is 0.462 e. The van der Waals surface area contributed by atoms with Gasteiger partial charge in [0.25, 0.3) is 0 Å². The van der Waals surface area contributed by atoms with Gasteiger partial charge in [-0.05, 0) is 83.5 Å². The third-order valence-corrected chi connectivity index (χ3v) is 14.3. The van der Waals surface area contributed by atoms with Gasteiger partial charge in [-0.3, -0.25) is 14.4 Å². The number of rotatable bonds is 59. The van der Waals surface area contributed by atoms with Crippen LogP contribution in [0.3, 0.4) is 0 Å². The van der Waals surface area contributed by atoms with Crippen molar-refractivity contribution in [2.24, 2.45) is 0 Å². The normalized spacial score (nSPS) is 12.4. The summed E-state index contributed by atoms with van der Waals surface area (Å²) in [6, 6.07) is 0. The molecule has 0 heterocycles. The molecule has 6 nitrogen and oxygen atoms in total. The van der Waals surface area contributed by atoms with E-state index in [0.29, 0.717) is 19.3 Å². The van der Waals surface area contributed by atoms with Crippen LogP contribution in [-0.4, -0.2) is 37.2 Å². The first-order valence-corrected chi connectivity index (χ1v) is 32.3. The second-order valence-corrected chi connectivity index (χ2v) is 21.6. The van der Waals surface area contributed by atoms with Gasteiger partial charge in [-0.15, -0.1) is 0 Å². The number of ether oxygens (including phenoxy) is 3. The molecular formula is C68H122O6. The van der Waals surface area contributed by atoms with Crippen LogP contribution in [0.15, 0.2) is 60.8 Å². The van der Waals surface area contributed by atoms with Gasteiger partial charge in [0, 0.05) is 19.3 Å². The van der Waals surface area contributed by atoms with Gasteiger partial charge in [0.15, 0.2) is 6.10 Å². The van der Waals surface area contributed by atoms with Crippen LogP contribution in [0.1, 0.15) is 335 Å². The number of hydrogen-bond acceptors (Lipinski definition) is 6. The van der Waals surface area contributed by atoms with E-state index in [1.165, 1.54) is 212 Å². The first-order chi connectivity index (χ1) is 36.5. The zero-order valence-corrected chi connectivity index (χ0v) is 49.4. The van der Waals surface area contributed by atoms with E-state index in [4.69, 9.17) is 14.2 Å². The van der Waals surface area contributed by atoms with Crippen molar-refractivity contribution in [3.8, 4) is 0 Å². The van der Waals surface area contributed by atoms with Crippen LogP contribution in [0.4, 0.5) is 0 Å². The Labute approximate surface area is 460 Å². The number of carbonyl (C=O) groups excluding carboxylic acids is 3. The summed E-state index contributed by atoms with van der Waals surface area (Å²) < 4.78 is 16.9. The van der Waals surface area contributed by atoms with Crippen LogP contribution in [0.25, 0.3) is 0 Å². The van der Waals surface area contributed by atoms with E-state index >= 15 is 0 Å². The lowest BCUT2D eigenvalue weighted by molar-refractivity contribution is -0.167. The fourth-order valence-electron chi connectivity index (χ4n) is 9.43. The molecule has 0 aromatic heterocycles. The molecule has 6 heteroatoms. The molecule has 0 spiro atoms. The van der Waals surface area contributed by atoms with Crippen LogP contribution in [0.2, 0.25) is 0 Å². The van der Waals surface area contributed by atoms with Gasteiger partial charge in [-0.1, -0.05) is 293 Å². The van der Waals surface area contributed by atoms with Crippen molar-refractivity contribution in [2.75, 3.05) is 13.2 Å². The fourth-order valence-corrected chi connectivity index (χ4v) is 9.43. The number of unbranched alkanes of at least 4 members (excludes halogenated alkanes) is 38. The lowest BCUT2D eigenvalue weighted by Gasteiger charge is -2.18. The molecule has 430 valence electrons. The Morgan fingerprint density at radius 2 is 0.527 bits per heavy atom. The molecule has 0 saturated heterocycles. The Kier molecular flexibility index (Phi) is 60.2. The molecule has 0 saturated carbocycles. The van der Waals surface area contributed by atoms with Crippen molar-refractivity contribution < 1.29 is 28.6 Å². The monoisotopic (exact) mass is 1030 g/mol. The number of carbonyl (C=O) groups is 3. The van der Waals surface area contributed by atoms with E-state index in [1.54, 1.807) is 0 Å². The molecule has 1 unspecified atom stereocenters. The number of esters is 3. The third-order valence-electron chi connectivity index (χ3n) is 14.3. The Morgan fingerprint density at radius 1 is 0.284 bits per heavy atom. The van der Waals surface area contributed by atoms with Crippen LogP contribution >= 0.6 is 0 Å². The van der Waals surface area contributed by atoms with Crippen LogP contribution in [-0.2, 0) is 28.6 Å². The maximum Gasteiger partial charge on any atom is 0.306 e. The Morgan fingerprint density at radius 3 is 0.838 bits per heavy atom. The quantitative estimate of drug-likeness (QED) is 0.0261. The molecule has 0 rings (SSSR count). The van der Waals surface area contributed by atoms with Crippen molar-refractivity contribution in [1.82, 2.24) is 0 Å². The highest BCUT2D eigenvalue weighted by atomic mass is 16.6. The Hall–Kier alpha value is -2.89. The van der Waals surface area contributed by atoms with Crippen molar-refractivity contribution in [3.63, 3.8) is 0 Å². The highest BCUT2D eigenvalue weighted by Gasteiger charge is 2.19. The molecule has 0 bridgehead atoms. The topological polar surface area (TPSA) is 78.9 Å². The van der Waals surface area contributed by atoms with Gasteiger partial charge < -0.3 is 14.2 Å². The smallest absolute Gasteiger partial charge is 0.306 e. The van der Waals surface area contributed by atoms with Gasteiger partial charge in [-0.2, -0.15) is 0 Å². The maximum absolute atomic E-state index is 12.9. The van der Waals surface area contributed by atoms with Gasteiger partial charge in [-0.25, -0.2) is 0 Å². The summed E-state index contributed by atoms with van der Waals surface area (Å²) in [5.41, 5.74) is 0. The van der Waals surface area contributed by atoms with Gasteiger partial charge in [0.1, 0.15) is 13.2 Å². The molecule has 0 aliphatic carbocycles. The van der Waals surface area contributed by atoms with E-state index in [0.717, 1.165) is 83.5 Å². The molecule has 0 aromatic rings. The maximum atomic E-state index is 12.9. The predicted molar refractivity (Wildman–Crippen MR) is 321 cm³/mol. The molecule has 0 amide bonds. The Bertz CT molecular complexity index is 1330. The first kappa shape index (κ1) is 71.1. The summed E-state index contributed by atoms with van der Waals surface area (Å²) in [6.07, 6.45) is 79.5. The lowest BCUT2D eigenvalue weighted by atomic mass is 10.0. The molecule has 0 radical (unpaired) electrons. The van der Waals surface area contributed by atoms with E-state index in [-0.39, 0.29) is 31.1 Å². The number of allylic oxidation sites excluding steroid dienone is 10. The minimum absolute atomic E-state index is 0.0715. The molecule has 0 aromatic carbocycles. The molecule has 0 N–H and O–H groups in total. The van der Waals surface area contributed by atoms with Crippen molar-refractivity contribution in [3.05, 3.63) is 60.8 Å². The molecule has 0 fully saturated rings. The second kappa shape index (κ2) is 62.6. The van der Waals surface area contributed by atoms with E-state index in [1.807, 2.05) is 0 Å². The molecule has 0 aliphatic heterocycles. The van der Waals surface area contributed by atoms with Gasteiger partial charge >= 0.3 is 17.9 Å². The highest BCUT2D eigenvalue weighted by Crippen LogP contribution is 2.17. The second-order valence-electron chi connectivity index (χ2n) is 21.6. The van der Waals surface area contributed by atoms with E-state index in [2.05, 4.69) is 81.5 Å². The SMILES string of the molecule is CC/C=C\C/C=C\C/C=C\C/C=C\CCCCCCCCCCCCCCCCC(=O)OCC(COC(=O)CCCCCCCCCCCCC)OC(=O)CCCCCCCCC/C=C\CCCCCCCCC. The average molecular weight is 1040 g/mol. The summed E-state index contributed by atoms with van der Waals surface area (Å²) >= 11 is 0. The fraction of sp³-hybridized carbons (Fsp3) is 0.809. The lowest BCUT2D eigenvalue weighted by Crippen LogP contribution is -2.30. The van der Waals surface area contributed by atoms with E-state index in [9.17, 15) is 14.4 Å². The first-order valence-electron chi connectivity index (χ1n) is 32.3. The molecular weight excluding hydrogens is 913 g/mol. The van der Waals surface area contributed by atoms with Crippen LogP contribution < -0.4 is 0 Å². The average Bonchev–Trinajstić information content (AvgIpc) is 3.40. The standard InChI is InChI=1S/C68H122O6/c1-4-7-10-13-16-19-22-24-26-28-30-31-32-33-34-35-36-37-38-40-41-43-46-49-52-55-58-61-67(70)73-64-65(63-72-66(69)60-57-54-51-48-45-21-18-15-12-9-6-3)74-68(71)62-59-56-53-50-47-44-42-39-29-27-25-23-20-17-14-11-8-5-2/h7,10,16,19,24,26-27,29-31,65H,4-6,8-9,11-15,17-18,20-23,25,28,32-64H2,1-3H3/b10-7-,19-16-,26-24-,29-27-,31-30-.